The Balaban J connectivity index is 2.27. The normalized spacial score (nSPS) is 17.0. The highest BCUT2D eigenvalue weighted by atomic mass is 16.3. The van der Waals surface area contributed by atoms with Crippen molar-refractivity contribution in [3.63, 3.8) is 0 Å². The van der Waals surface area contributed by atoms with Gasteiger partial charge in [0.2, 0.25) is 11.8 Å². The van der Waals surface area contributed by atoms with E-state index in [2.05, 4.69) is 5.32 Å². The van der Waals surface area contributed by atoms with E-state index in [1.807, 2.05) is 0 Å². The summed E-state index contributed by atoms with van der Waals surface area (Å²) < 4.78 is 0. The van der Waals surface area contributed by atoms with Gasteiger partial charge in [0.05, 0.1) is 12.1 Å². The second kappa shape index (κ2) is 4.61. The van der Waals surface area contributed by atoms with Crippen molar-refractivity contribution < 1.29 is 14.7 Å². The molecular weight excluding hydrogens is 196 g/mol. The molecule has 0 aromatic carbocycles. The van der Waals surface area contributed by atoms with Gasteiger partial charge in [-0.1, -0.05) is 0 Å². The molecule has 0 unspecified atom stereocenters. The number of hydrogen-bond donors (Lipinski definition) is 2. The van der Waals surface area contributed by atoms with Gasteiger partial charge in [0.1, 0.15) is 0 Å². The molecule has 0 aromatic rings. The van der Waals surface area contributed by atoms with Crippen molar-refractivity contribution in [1.82, 2.24) is 10.2 Å². The van der Waals surface area contributed by atoms with Gasteiger partial charge in [-0.15, -0.1) is 0 Å². The van der Waals surface area contributed by atoms with Crippen LogP contribution in [0.15, 0.2) is 0 Å². The molecule has 0 radical (unpaired) electrons. The first-order valence-electron chi connectivity index (χ1n) is 5.15. The number of nitrogens with zero attached hydrogens (tertiary/aromatic N) is 1. The first-order valence-corrected chi connectivity index (χ1v) is 5.15. The number of nitrogens with one attached hydrogen (secondary N) is 1. The summed E-state index contributed by atoms with van der Waals surface area (Å²) in [4.78, 5) is 24.1. The zero-order valence-corrected chi connectivity index (χ0v) is 9.25. The molecule has 5 heteroatoms. The molecule has 0 saturated carbocycles. The van der Waals surface area contributed by atoms with Crippen molar-refractivity contribution >= 4 is 11.8 Å². The van der Waals surface area contributed by atoms with Gasteiger partial charge in [0.15, 0.2) is 0 Å². The van der Waals surface area contributed by atoms with Gasteiger partial charge in [-0.3, -0.25) is 9.59 Å². The smallest absolute Gasteiger partial charge is 0.239 e. The minimum Gasteiger partial charge on any atom is -0.389 e. The van der Waals surface area contributed by atoms with E-state index in [-0.39, 0.29) is 24.9 Å². The van der Waals surface area contributed by atoms with E-state index in [0.29, 0.717) is 13.0 Å². The van der Waals surface area contributed by atoms with E-state index in [9.17, 15) is 14.7 Å². The summed E-state index contributed by atoms with van der Waals surface area (Å²) >= 11 is 0. The first kappa shape index (κ1) is 12.0. The molecule has 1 fully saturated rings. The van der Waals surface area contributed by atoms with Gasteiger partial charge in [-0.05, 0) is 20.3 Å². The van der Waals surface area contributed by atoms with Crippen molar-refractivity contribution in [1.29, 1.82) is 0 Å². The van der Waals surface area contributed by atoms with E-state index < -0.39 is 5.60 Å². The van der Waals surface area contributed by atoms with Crippen LogP contribution in [-0.4, -0.2) is 47.1 Å². The summed E-state index contributed by atoms with van der Waals surface area (Å²) in [6, 6.07) is 0. The van der Waals surface area contributed by atoms with Crippen molar-refractivity contribution in [2.24, 2.45) is 0 Å². The second-order valence-corrected chi connectivity index (χ2v) is 4.51. The van der Waals surface area contributed by atoms with E-state index in [1.54, 1.807) is 18.7 Å². The average Bonchev–Trinajstić information content (AvgIpc) is 2.47. The predicted octanol–water partition coefficient (Wildman–Crippen LogP) is -0.504. The van der Waals surface area contributed by atoms with Gasteiger partial charge in [0.25, 0.3) is 0 Å². The summed E-state index contributed by atoms with van der Waals surface area (Å²) in [5, 5.41) is 12.0. The number of carbonyl (C=O) groups is 2. The molecule has 0 atom stereocenters. The van der Waals surface area contributed by atoms with Crippen molar-refractivity contribution in [2.75, 3.05) is 19.6 Å². The quantitative estimate of drug-likeness (QED) is 0.662. The molecular formula is C10H18N2O3. The average molecular weight is 214 g/mol. The third-order valence-electron chi connectivity index (χ3n) is 2.22. The van der Waals surface area contributed by atoms with Gasteiger partial charge in [0, 0.05) is 19.5 Å². The SMILES string of the molecule is CC(C)(O)CNC(=O)CN1CCCC1=O. The summed E-state index contributed by atoms with van der Waals surface area (Å²) in [5.74, 6) is -0.180. The van der Waals surface area contributed by atoms with Gasteiger partial charge >= 0.3 is 0 Å². The van der Waals surface area contributed by atoms with Crippen LogP contribution < -0.4 is 5.32 Å². The minimum absolute atomic E-state index is 0.0356. The summed E-state index contributed by atoms with van der Waals surface area (Å²) in [6.45, 7) is 4.21. The van der Waals surface area contributed by atoms with Crippen LogP contribution >= 0.6 is 0 Å². The highest BCUT2D eigenvalue weighted by molar-refractivity contribution is 5.85. The molecule has 1 saturated heterocycles. The predicted molar refractivity (Wildman–Crippen MR) is 55.1 cm³/mol. The Kier molecular flexibility index (Phi) is 3.68. The van der Waals surface area contributed by atoms with Crippen LogP contribution in [-0.2, 0) is 9.59 Å². The fraction of sp³-hybridized carbons (Fsp3) is 0.800. The second-order valence-electron chi connectivity index (χ2n) is 4.51. The summed E-state index contributed by atoms with van der Waals surface area (Å²) in [6.07, 6.45) is 1.37. The molecule has 86 valence electrons. The molecule has 2 amide bonds. The molecule has 1 aliphatic rings. The molecule has 2 N–H and O–H groups in total. The molecule has 15 heavy (non-hydrogen) atoms. The number of rotatable bonds is 4. The van der Waals surface area contributed by atoms with Gasteiger partial charge in [-0.25, -0.2) is 0 Å². The van der Waals surface area contributed by atoms with Gasteiger partial charge < -0.3 is 15.3 Å². The van der Waals surface area contributed by atoms with Crippen molar-refractivity contribution in [3.05, 3.63) is 0 Å². The zero-order chi connectivity index (χ0) is 11.5. The van der Waals surface area contributed by atoms with Crippen LogP contribution in [0.3, 0.4) is 0 Å². The zero-order valence-electron chi connectivity index (χ0n) is 9.25. The lowest BCUT2D eigenvalue weighted by Gasteiger charge is -2.19. The standard InChI is InChI=1S/C10H18N2O3/c1-10(2,15)7-11-8(13)6-12-5-3-4-9(12)14/h15H,3-7H2,1-2H3,(H,11,13). The maximum Gasteiger partial charge on any atom is 0.239 e. The molecule has 1 rings (SSSR count). The Morgan fingerprint density at radius 1 is 1.60 bits per heavy atom. The number of carbonyl (C=O) groups excluding carboxylic acids is 2. The summed E-state index contributed by atoms with van der Waals surface area (Å²) in [5.41, 5.74) is -0.912. The fourth-order valence-electron chi connectivity index (χ4n) is 1.42. The number of aliphatic hydroxyl groups is 1. The van der Waals surface area contributed by atoms with Crippen LogP contribution in [0.4, 0.5) is 0 Å². The van der Waals surface area contributed by atoms with E-state index >= 15 is 0 Å². The van der Waals surface area contributed by atoms with Gasteiger partial charge in [-0.2, -0.15) is 0 Å². The third kappa shape index (κ3) is 4.29. The molecule has 0 bridgehead atoms. The number of amides is 2. The lowest BCUT2D eigenvalue weighted by atomic mass is 10.1. The minimum atomic E-state index is -0.912. The fourth-order valence-corrected chi connectivity index (χ4v) is 1.42. The van der Waals surface area contributed by atoms with Crippen LogP contribution in [0, 0.1) is 0 Å². The molecule has 0 aromatic heterocycles. The first-order chi connectivity index (χ1) is 6.88. The highest BCUT2D eigenvalue weighted by Gasteiger charge is 2.23. The van der Waals surface area contributed by atoms with E-state index in [0.717, 1.165) is 6.42 Å². The maximum atomic E-state index is 11.4. The Morgan fingerprint density at radius 2 is 2.27 bits per heavy atom. The monoisotopic (exact) mass is 214 g/mol. The Labute approximate surface area is 89.4 Å². The van der Waals surface area contributed by atoms with E-state index in [4.69, 9.17) is 0 Å². The Morgan fingerprint density at radius 3 is 2.73 bits per heavy atom. The Hall–Kier alpha value is -1.10. The molecule has 1 heterocycles. The lowest BCUT2D eigenvalue weighted by molar-refractivity contribution is -0.133. The largest absolute Gasteiger partial charge is 0.389 e. The molecule has 0 aliphatic carbocycles. The van der Waals surface area contributed by atoms with E-state index in [1.165, 1.54) is 0 Å². The van der Waals surface area contributed by atoms with Crippen molar-refractivity contribution in [2.45, 2.75) is 32.3 Å². The Bertz CT molecular complexity index is 258. The molecule has 1 aliphatic heterocycles. The number of likely N-dealkylation sites (tertiary alicyclic amines) is 1. The van der Waals surface area contributed by atoms with Crippen LogP contribution in [0.25, 0.3) is 0 Å². The van der Waals surface area contributed by atoms with Crippen LogP contribution in [0.5, 0.6) is 0 Å². The topological polar surface area (TPSA) is 69.6 Å². The molecule has 0 spiro atoms. The van der Waals surface area contributed by atoms with Crippen LogP contribution in [0.2, 0.25) is 0 Å². The third-order valence-corrected chi connectivity index (χ3v) is 2.22. The highest BCUT2D eigenvalue weighted by Crippen LogP contribution is 2.08. The molecule has 5 nitrogen and oxygen atoms in total. The van der Waals surface area contributed by atoms with Crippen LogP contribution in [0.1, 0.15) is 26.7 Å². The van der Waals surface area contributed by atoms with Crippen molar-refractivity contribution in [3.8, 4) is 0 Å². The number of hydrogen-bond acceptors (Lipinski definition) is 3. The lowest BCUT2D eigenvalue weighted by Crippen LogP contribution is -2.43. The summed E-state index contributed by atoms with van der Waals surface area (Å²) in [7, 11) is 0. The maximum absolute atomic E-state index is 11.4.